The van der Waals surface area contributed by atoms with Crippen LogP contribution in [0.2, 0.25) is 0 Å². The van der Waals surface area contributed by atoms with Crippen molar-refractivity contribution in [1.29, 1.82) is 0 Å². The summed E-state index contributed by atoms with van der Waals surface area (Å²) < 4.78 is 37.6. The summed E-state index contributed by atoms with van der Waals surface area (Å²) in [4.78, 5) is 0. The number of halogens is 2. The van der Waals surface area contributed by atoms with Crippen molar-refractivity contribution >= 4 is 0 Å². The molecule has 0 spiro atoms. The van der Waals surface area contributed by atoms with Gasteiger partial charge in [0.2, 0.25) is 11.9 Å². The molecule has 5 heteroatoms. The summed E-state index contributed by atoms with van der Waals surface area (Å²) in [6.45, 7) is 1.70. The van der Waals surface area contributed by atoms with Crippen molar-refractivity contribution in [2.45, 2.75) is 6.92 Å². The van der Waals surface area contributed by atoms with Crippen molar-refractivity contribution in [3.05, 3.63) is 60.1 Å². The third-order valence-corrected chi connectivity index (χ3v) is 3.79. The van der Waals surface area contributed by atoms with E-state index in [0.717, 1.165) is 6.07 Å². The summed E-state index contributed by atoms with van der Waals surface area (Å²) in [5, 5.41) is 0. The number of aromatic nitrogens is 2. The molecule has 0 saturated heterocycles. The van der Waals surface area contributed by atoms with Crippen molar-refractivity contribution in [2.75, 3.05) is 0 Å². The first kappa shape index (κ1) is 14.4. The van der Waals surface area contributed by atoms with Gasteiger partial charge in [0.15, 0.2) is 12.5 Å². The third-order valence-electron chi connectivity index (χ3n) is 3.79. The van der Waals surface area contributed by atoms with E-state index in [1.54, 1.807) is 35.4 Å². The lowest BCUT2D eigenvalue weighted by atomic mass is 9.97. The molecule has 0 atom stereocenters. The molecule has 0 unspecified atom stereocenters. The van der Waals surface area contributed by atoms with Crippen LogP contribution in [-0.2, 0) is 14.1 Å². The second-order valence-corrected chi connectivity index (χ2v) is 5.23. The van der Waals surface area contributed by atoms with Crippen LogP contribution in [0.25, 0.3) is 22.7 Å². The lowest BCUT2D eigenvalue weighted by Gasteiger charge is -2.09. The van der Waals surface area contributed by atoms with E-state index in [9.17, 15) is 8.78 Å². The van der Waals surface area contributed by atoms with Crippen molar-refractivity contribution in [1.82, 2.24) is 0 Å². The molecule has 0 aliphatic rings. The number of hydrogen-bond acceptors (Lipinski definition) is 1. The summed E-state index contributed by atoms with van der Waals surface area (Å²) in [5.74, 6) is -0.868. The molecule has 3 aromatic rings. The van der Waals surface area contributed by atoms with Crippen LogP contribution in [0.5, 0.6) is 0 Å². The summed E-state index contributed by atoms with van der Waals surface area (Å²) >= 11 is 0. The van der Waals surface area contributed by atoms with E-state index >= 15 is 0 Å². The Morgan fingerprint density at radius 3 is 2.32 bits per heavy atom. The van der Waals surface area contributed by atoms with E-state index in [0.29, 0.717) is 22.7 Å². The van der Waals surface area contributed by atoms with Gasteiger partial charge in [-0.25, -0.2) is 13.3 Å². The Kier molecular flexibility index (Phi) is 3.48. The van der Waals surface area contributed by atoms with Crippen LogP contribution in [0.1, 0.15) is 5.56 Å². The number of benzene rings is 1. The minimum atomic E-state index is -0.636. The van der Waals surface area contributed by atoms with E-state index in [4.69, 9.17) is 4.42 Å². The van der Waals surface area contributed by atoms with Gasteiger partial charge < -0.3 is 4.42 Å². The summed E-state index contributed by atoms with van der Waals surface area (Å²) in [6.07, 6.45) is 4.98. The normalized spacial score (nSPS) is 11.0. The van der Waals surface area contributed by atoms with Crippen LogP contribution in [0.3, 0.4) is 0 Å². The second kappa shape index (κ2) is 5.33. The lowest BCUT2D eigenvalue weighted by molar-refractivity contribution is -0.662. The zero-order valence-corrected chi connectivity index (χ0v) is 12.6. The van der Waals surface area contributed by atoms with E-state index < -0.39 is 11.6 Å². The highest BCUT2D eigenvalue weighted by atomic mass is 19.1. The number of rotatable bonds is 2. The Hall–Kier alpha value is -2.56. The Bertz CT molecular complexity index is 856. The second-order valence-electron chi connectivity index (χ2n) is 5.23. The van der Waals surface area contributed by atoms with Crippen LogP contribution in [0.4, 0.5) is 8.78 Å². The van der Waals surface area contributed by atoms with Crippen LogP contribution in [-0.4, -0.2) is 0 Å². The lowest BCUT2D eigenvalue weighted by Crippen LogP contribution is -2.31. The zero-order chi connectivity index (χ0) is 15.9. The zero-order valence-electron chi connectivity index (χ0n) is 12.6. The number of aryl methyl sites for hydroxylation is 2. The fraction of sp³-hybridized carbons (Fsp3) is 0.176. The molecule has 2 heterocycles. The first-order valence-corrected chi connectivity index (χ1v) is 6.88. The molecule has 2 aromatic heterocycles. The molecule has 0 radical (unpaired) electrons. The Morgan fingerprint density at radius 2 is 1.68 bits per heavy atom. The van der Waals surface area contributed by atoms with Gasteiger partial charge in [-0.3, -0.25) is 0 Å². The molecule has 112 valence electrons. The molecule has 1 aromatic carbocycles. The van der Waals surface area contributed by atoms with E-state index in [-0.39, 0.29) is 5.56 Å². The van der Waals surface area contributed by atoms with Gasteiger partial charge in [-0.1, -0.05) is 0 Å². The summed E-state index contributed by atoms with van der Waals surface area (Å²) in [5.41, 5.74) is 1.82. The standard InChI is InChI=1S/C17H16F2N2O/c1-11-15(14-6-4-5-7-20(14)2)12(18)10-13(19)16(11)17-21(3)8-9-22-17/h4-10H,1-3H3/q+2. The monoisotopic (exact) mass is 302 g/mol. The van der Waals surface area contributed by atoms with E-state index in [1.165, 1.54) is 6.26 Å². The molecule has 22 heavy (non-hydrogen) atoms. The molecule has 0 aliphatic carbocycles. The molecule has 0 bridgehead atoms. The minimum Gasteiger partial charge on any atom is -0.406 e. The maximum Gasteiger partial charge on any atom is 0.383 e. The van der Waals surface area contributed by atoms with Crippen LogP contribution in [0, 0.1) is 18.6 Å². The quantitative estimate of drug-likeness (QED) is 0.667. The van der Waals surface area contributed by atoms with Crippen LogP contribution >= 0.6 is 0 Å². The van der Waals surface area contributed by atoms with E-state index in [2.05, 4.69) is 0 Å². The largest absolute Gasteiger partial charge is 0.406 e. The first-order valence-electron chi connectivity index (χ1n) is 6.88. The van der Waals surface area contributed by atoms with Gasteiger partial charge in [0.25, 0.3) is 0 Å². The highest BCUT2D eigenvalue weighted by Gasteiger charge is 2.28. The molecular weight excluding hydrogens is 286 g/mol. The number of nitrogens with zero attached hydrogens (tertiary/aromatic N) is 2. The van der Waals surface area contributed by atoms with Gasteiger partial charge in [-0.15, -0.1) is 0 Å². The summed E-state index contributed by atoms with van der Waals surface area (Å²) in [7, 11) is 3.58. The topological polar surface area (TPSA) is 20.9 Å². The fourth-order valence-electron chi connectivity index (χ4n) is 2.67. The molecule has 0 saturated carbocycles. The van der Waals surface area contributed by atoms with Gasteiger partial charge in [0, 0.05) is 18.2 Å². The predicted molar refractivity (Wildman–Crippen MR) is 76.6 cm³/mol. The van der Waals surface area contributed by atoms with Gasteiger partial charge in [-0.2, -0.15) is 4.57 Å². The van der Waals surface area contributed by atoms with Gasteiger partial charge >= 0.3 is 5.89 Å². The Labute approximate surface area is 127 Å². The first-order chi connectivity index (χ1) is 10.5. The number of hydrogen-bond donors (Lipinski definition) is 0. The highest BCUT2D eigenvalue weighted by Crippen LogP contribution is 2.33. The van der Waals surface area contributed by atoms with Crippen molar-refractivity contribution in [2.24, 2.45) is 14.1 Å². The van der Waals surface area contributed by atoms with Crippen molar-refractivity contribution in [3.63, 3.8) is 0 Å². The van der Waals surface area contributed by atoms with Gasteiger partial charge in [0.05, 0.1) is 5.56 Å². The molecule has 0 aliphatic heterocycles. The van der Waals surface area contributed by atoms with Gasteiger partial charge in [-0.05, 0) is 18.6 Å². The number of oxazole rings is 1. The maximum atomic E-state index is 14.4. The molecule has 0 fully saturated rings. The molecule has 0 N–H and O–H groups in total. The molecular formula is C17H16F2N2O+2. The fourth-order valence-corrected chi connectivity index (χ4v) is 2.67. The van der Waals surface area contributed by atoms with E-state index in [1.807, 2.05) is 25.4 Å². The van der Waals surface area contributed by atoms with Gasteiger partial charge in [0.1, 0.15) is 31.3 Å². The van der Waals surface area contributed by atoms with Crippen LogP contribution in [0.15, 0.2) is 47.3 Å². The Morgan fingerprint density at radius 1 is 0.955 bits per heavy atom. The third kappa shape index (κ3) is 2.19. The summed E-state index contributed by atoms with van der Waals surface area (Å²) in [6, 6.07) is 6.39. The SMILES string of the molecule is Cc1c(-c2cccc[n+]2C)c(F)cc(F)c1-c1occ[n+]1C. The minimum absolute atomic E-state index is 0.271. The van der Waals surface area contributed by atoms with Crippen molar-refractivity contribution < 1.29 is 22.3 Å². The molecule has 0 amide bonds. The number of pyridine rings is 1. The average Bonchev–Trinajstić information content (AvgIpc) is 2.87. The highest BCUT2D eigenvalue weighted by molar-refractivity contribution is 5.72. The van der Waals surface area contributed by atoms with Crippen LogP contribution < -0.4 is 9.13 Å². The van der Waals surface area contributed by atoms with Crippen molar-refractivity contribution in [3.8, 4) is 22.7 Å². The maximum absolute atomic E-state index is 14.4. The predicted octanol–water partition coefficient (Wildman–Crippen LogP) is 2.85. The average molecular weight is 302 g/mol. The molecule has 3 nitrogen and oxygen atoms in total. The smallest absolute Gasteiger partial charge is 0.383 e. The Balaban J connectivity index is 2.34. The molecule has 3 rings (SSSR count).